The quantitative estimate of drug-likeness (QED) is 0.923. The van der Waals surface area contributed by atoms with Gasteiger partial charge in [-0.05, 0) is 36.6 Å². The summed E-state index contributed by atoms with van der Waals surface area (Å²) in [5.41, 5.74) is 2.37. The minimum absolute atomic E-state index is 0. The first kappa shape index (κ1) is 17.9. The van der Waals surface area contributed by atoms with Crippen LogP contribution in [0.4, 0.5) is 0 Å². The first-order chi connectivity index (χ1) is 10.7. The van der Waals surface area contributed by atoms with Crippen molar-refractivity contribution >= 4 is 29.7 Å². The monoisotopic (exact) mass is 351 g/mol. The van der Waals surface area contributed by atoms with E-state index >= 15 is 0 Å². The van der Waals surface area contributed by atoms with E-state index in [9.17, 15) is 4.79 Å². The molecule has 1 amide bonds. The number of nitrogens with zero attached hydrogens (tertiary/aromatic N) is 2. The van der Waals surface area contributed by atoms with Gasteiger partial charge < -0.3 is 10.2 Å². The second-order valence-corrected chi connectivity index (χ2v) is 6.81. The van der Waals surface area contributed by atoms with Crippen LogP contribution in [0.5, 0.6) is 0 Å². The van der Waals surface area contributed by atoms with Crippen molar-refractivity contribution in [2.45, 2.75) is 26.3 Å². The third kappa shape index (κ3) is 3.74. The fourth-order valence-corrected chi connectivity index (χ4v) is 4.01. The summed E-state index contributed by atoms with van der Waals surface area (Å²) in [6.07, 6.45) is 4.60. The topological polar surface area (TPSA) is 45.2 Å². The lowest BCUT2D eigenvalue weighted by Gasteiger charge is -2.36. The van der Waals surface area contributed by atoms with E-state index < -0.39 is 0 Å². The van der Waals surface area contributed by atoms with E-state index in [1.54, 1.807) is 17.5 Å². The molecular formula is C17H22ClN3OS. The van der Waals surface area contributed by atoms with Crippen molar-refractivity contribution in [3.05, 3.63) is 51.5 Å². The number of aromatic nitrogens is 1. The Morgan fingerprint density at radius 1 is 1.52 bits per heavy atom. The zero-order chi connectivity index (χ0) is 15.5. The first-order valence-electron chi connectivity index (χ1n) is 7.71. The minimum Gasteiger partial charge on any atom is -0.328 e. The van der Waals surface area contributed by atoms with Crippen molar-refractivity contribution < 1.29 is 4.79 Å². The molecular weight excluding hydrogens is 330 g/mol. The number of hydrogen-bond acceptors (Lipinski definition) is 4. The van der Waals surface area contributed by atoms with Crippen LogP contribution in [-0.4, -0.2) is 35.4 Å². The molecule has 0 aliphatic carbocycles. The van der Waals surface area contributed by atoms with E-state index in [1.165, 1.54) is 10.4 Å². The zero-order valence-electron chi connectivity index (χ0n) is 13.4. The average molecular weight is 352 g/mol. The van der Waals surface area contributed by atoms with Gasteiger partial charge in [0.1, 0.15) is 0 Å². The average Bonchev–Trinajstić information content (AvgIpc) is 2.96. The van der Waals surface area contributed by atoms with Gasteiger partial charge >= 0.3 is 0 Å². The fraction of sp³-hybridized carbons (Fsp3) is 0.412. The van der Waals surface area contributed by atoms with Crippen molar-refractivity contribution in [1.82, 2.24) is 15.2 Å². The highest BCUT2D eigenvalue weighted by Crippen LogP contribution is 2.28. The Bertz CT molecular complexity index is 659. The number of amides is 1. The molecule has 2 aromatic rings. The maximum atomic E-state index is 13.0. The molecule has 0 saturated carbocycles. The summed E-state index contributed by atoms with van der Waals surface area (Å²) in [5, 5.41) is 3.38. The van der Waals surface area contributed by atoms with Gasteiger partial charge in [0.25, 0.3) is 5.91 Å². The van der Waals surface area contributed by atoms with Crippen molar-refractivity contribution in [3.8, 4) is 0 Å². The molecule has 0 bridgehead atoms. The number of piperazine rings is 1. The SMILES string of the molecule is CCc1cc(C(=O)N2CCNCC2c2cccnc2)sc1C.Cl. The van der Waals surface area contributed by atoms with Gasteiger partial charge in [0, 0.05) is 36.9 Å². The van der Waals surface area contributed by atoms with E-state index in [2.05, 4.69) is 30.2 Å². The summed E-state index contributed by atoms with van der Waals surface area (Å²) < 4.78 is 0. The van der Waals surface area contributed by atoms with Crippen LogP contribution in [0.25, 0.3) is 0 Å². The molecule has 3 rings (SSSR count). The predicted octanol–water partition coefficient (Wildman–Crippen LogP) is 3.22. The summed E-state index contributed by atoms with van der Waals surface area (Å²) in [6.45, 7) is 6.58. The van der Waals surface area contributed by atoms with Crippen LogP contribution in [0.2, 0.25) is 0 Å². The van der Waals surface area contributed by atoms with E-state index in [0.717, 1.165) is 36.5 Å². The molecule has 23 heavy (non-hydrogen) atoms. The number of carbonyl (C=O) groups is 1. The number of rotatable bonds is 3. The van der Waals surface area contributed by atoms with Crippen molar-refractivity contribution in [1.29, 1.82) is 0 Å². The molecule has 124 valence electrons. The van der Waals surface area contributed by atoms with Crippen LogP contribution >= 0.6 is 23.7 Å². The Balaban J connectivity index is 0.00000192. The molecule has 1 saturated heterocycles. The number of aryl methyl sites for hydroxylation is 2. The van der Waals surface area contributed by atoms with Crippen molar-refractivity contribution in [3.63, 3.8) is 0 Å². The van der Waals surface area contributed by atoms with Crippen molar-refractivity contribution in [2.75, 3.05) is 19.6 Å². The maximum absolute atomic E-state index is 13.0. The molecule has 3 heterocycles. The highest BCUT2D eigenvalue weighted by Gasteiger charge is 2.29. The van der Waals surface area contributed by atoms with Gasteiger partial charge in [0.15, 0.2) is 0 Å². The van der Waals surface area contributed by atoms with E-state index in [0.29, 0.717) is 0 Å². The molecule has 1 aliphatic rings. The standard InChI is InChI=1S/C17H21N3OS.ClH/c1-3-13-9-16(22-12(13)2)17(21)20-8-7-19-11-15(20)14-5-4-6-18-10-14;/h4-6,9-10,15,19H,3,7-8,11H2,1-2H3;1H. The largest absolute Gasteiger partial charge is 0.328 e. The highest BCUT2D eigenvalue weighted by molar-refractivity contribution is 7.14. The van der Waals surface area contributed by atoms with Gasteiger partial charge in [-0.1, -0.05) is 13.0 Å². The molecule has 1 atom stereocenters. The van der Waals surface area contributed by atoms with Crippen LogP contribution < -0.4 is 5.32 Å². The van der Waals surface area contributed by atoms with Gasteiger partial charge in [0.05, 0.1) is 10.9 Å². The molecule has 0 radical (unpaired) electrons. The number of thiophene rings is 1. The Kier molecular flexibility index (Phi) is 6.16. The summed E-state index contributed by atoms with van der Waals surface area (Å²) in [6, 6.07) is 6.09. The third-order valence-corrected chi connectivity index (χ3v) is 5.27. The molecule has 1 unspecified atom stereocenters. The summed E-state index contributed by atoms with van der Waals surface area (Å²) >= 11 is 1.61. The normalized spacial score (nSPS) is 17.7. The number of pyridine rings is 1. The smallest absolute Gasteiger partial charge is 0.264 e. The zero-order valence-corrected chi connectivity index (χ0v) is 15.0. The van der Waals surface area contributed by atoms with E-state index in [4.69, 9.17) is 0 Å². The molecule has 4 nitrogen and oxygen atoms in total. The van der Waals surface area contributed by atoms with Gasteiger partial charge in [0.2, 0.25) is 0 Å². The first-order valence-corrected chi connectivity index (χ1v) is 8.53. The lowest BCUT2D eigenvalue weighted by molar-refractivity contribution is 0.0639. The molecule has 0 spiro atoms. The molecule has 1 aliphatic heterocycles. The predicted molar refractivity (Wildman–Crippen MR) is 96.6 cm³/mol. The van der Waals surface area contributed by atoms with E-state index in [1.807, 2.05) is 23.2 Å². The van der Waals surface area contributed by atoms with Gasteiger partial charge in [-0.3, -0.25) is 9.78 Å². The van der Waals surface area contributed by atoms with Gasteiger partial charge in [-0.15, -0.1) is 23.7 Å². The number of nitrogens with one attached hydrogen (secondary N) is 1. The van der Waals surface area contributed by atoms with Gasteiger partial charge in [-0.25, -0.2) is 0 Å². The number of hydrogen-bond donors (Lipinski definition) is 1. The lowest BCUT2D eigenvalue weighted by Crippen LogP contribution is -2.48. The van der Waals surface area contributed by atoms with Crippen LogP contribution in [0.15, 0.2) is 30.6 Å². The molecule has 6 heteroatoms. The summed E-state index contributed by atoms with van der Waals surface area (Å²) in [7, 11) is 0. The second-order valence-electron chi connectivity index (χ2n) is 5.55. The molecule has 1 fully saturated rings. The second kappa shape index (κ2) is 7.90. The Morgan fingerprint density at radius 2 is 2.35 bits per heavy atom. The maximum Gasteiger partial charge on any atom is 0.264 e. The fourth-order valence-electron chi connectivity index (χ4n) is 2.94. The lowest BCUT2D eigenvalue weighted by atomic mass is 10.0. The van der Waals surface area contributed by atoms with Crippen LogP contribution in [-0.2, 0) is 6.42 Å². The van der Waals surface area contributed by atoms with Crippen LogP contribution in [0.3, 0.4) is 0 Å². The van der Waals surface area contributed by atoms with E-state index in [-0.39, 0.29) is 24.4 Å². The molecule has 1 N–H and O–H groups in total. The summed E-state index contributed by atoms with van der Waals surface area (Å²) in [4.78, 5) is 21.2. The van der Waals surface area contributed by atoms with Gasteiger partial charge in [-0.2, -0.15) is 0 Å². The summed E-state index contributed by atoms with van der Waals surface area (Å²) in [5.74, 6) is 0.142. The van der Waals surface area contributed by atoms with Crippen LogP contribution in [0.1, 0.15) is 38.6 Å². The Hall–Kier alpha value is -1.43. The van der Waals surface area contributed by atoms with Crippen LogP contribution in [0, 0.1) is 6.92 Å². The Morgan fingerprint density at radius 3 is 3.00 bits per heavy atom. The molecule has 2 aromatic heterocycles. The van der Waals surface area contributed by atoms with Crippen molar-refractivity contribution in [2.24, 2.45) is 0 Å². The number of carbonyl (C=O) groups excluding carboxylic acids is 1. The third-order valence-electron chi connectivity index (χ3n) is 4.19. The molecule has 0 aromatic carbocycles. The highest BCUT2D eigenvalue weighted by atomic mass is 35.5. The minimum atomic E-state index is 0. The Labute approximate surface area is 147 Å². The number of halogens is 1.